The fourth-order valence-corrected chi connectivity index (χ4v) is 3.64. The lowest BCUT2D eigenvalue weighted by Gasteiger charge is -2.09. The van der Waals surface area contributed by atoms with E-state index in [9.17, 15) is 9.18 Å². The zero-order valence-corrected chi connectivity index (χ0v) is 19.7. The standard InChI is InChI=1S/C26H28FN5O2/c1-17(2)20-9-11-22(12-10-20)34-16-31-14-13-24(30-31)26(33)28-25-18(3)29-32(19(25)4)15-21-7-5-6-8-23(21)27/h5-14,17H,15-16H2,1-4H3,(H,28,33). The topological polar surface area (TPSA) is 74.0 Å². The van der Waals surface area contributed by atoms with E-state index < -0.39 is 0 Å². The third-order valence-electron chi connectivity index (χ3n) is 5.68. The molecule has 0 bridgehead atoms. The Morgan fingerprint density at radius 1 is 1.06 bits per heavy atom. The van der Waals surface area contributed by atoms with Gasteiger partial charge in [0.2, 0.25) is 0 Å². The van der Waals surface area contributed by atoms with Crippen molar-refractivity contribution in [3.63, 3.8) is 0 Å². The fraction of sp³-hybridized carbons (Fsp3) is 0.269. The van der Waals surface area contributed by atoms with Gasteiger partial charge >= 0.3 is 0 Å². The molecule has 176 valence electrons. The Labute approximate surface area is 198 Å². The maximum absolute atomic E-state index is 14.0. The van der Waals surface area contributed by atoms with Gasteiger partial charge in [0, 0.05) is 11.8 Å². The number of aromatic nitrogens is 4. The summed E-state index contributed by atoms with van der Waals surface area (Å²) in [7, 11) is 0. The molecule has 0 radical (unpaired) electrons. The SMILES string of the molecule is Cc1nn(Cc2ccccc2F)c(C)c1NC(=O)c1ccn(COc2ccc(C(C)C)cc2)n1. The van der Waals surface area contributed by atoms with Crippen molar-refractivity contribution in [2.24, 2.45) is 0 Å². The quantitative estimate of drug-likeness (QED) is 0.387. The fourth-order valence-electron chi connectivity index (χ4n) is 3.64. The Balaban J connectivity index is 1.40. The number of amides is 1. The molecule has 2 aromatic carbocycles. The zero-order chi connectivity index (χ0) is 24.2. The predicted octanol–water partition coefficient (Wildman–Crippen LogP) is 5.30. The average Bonchev–Trinajstić information content (AvgIpc) is 3.40. The summed E-state index contributed by atoms with van der Waals surface area (Å²) in [5.74, 6) is 0.556. The Kier molecular flexibility index (Phi) is 6.77. The molecule has 0 atom stereocenters. The smallest absolute Gasteiger partial charge is 0.276 e. The van der Waals surface area contributed by atoms with E-state index in [4.69, 9.17) is 4.74 Å². The van der Waals surface area contributed by atoms with Crippen molar-refractivity contribution in [2.75, 3.05) is 5.32 Å². The molecule has 0 aliphatic carbocycles. The number of ether oxygens (including phenoxy) is 1. The van der Waals surface area contributed by atoms with Crippen LogP contribution in [0.2, 0.25) is 0 Å². The van der Waals surface area contributed by atoms with Crippen LogP contribution in [0.1, 0.15) is 52.8 Å². The van der Waals surface area contributed by atoms with Crippen molar-refractivity contribution in [3.8, 4) is 5.75 Å². The molecule has 4 aromatic rings. The van der Waals surface area contributed by atoms with E-state index in [1.165, 1.54) is 11.6 Å². The van der Waals surface area contributed by atoms with Crippen molar-refractivity contribution < 1.29 is 13.9 Å². The monoisotopic (exact) mass is 461 g/mol. The summed E-state index contributed by atoms with van der Waals surface area (Å²) in [6, 6.07) is 16.1. The lowest BCUT2D eigenvalue weighted by molar-refractivity contribution is 0.102. The number of anilines is 1. The van der Waals surface area contributed by atoms with Crippen LogP contribution in [0.3, 0.4) is 0 Å². The van der Waals surface area contributed by atoms with E-state index in [0.29, 0.717) is 22.9 Å². The Bertz CT molecular complexity index is 1290. The van der Waals surface area contributed by atoms with Crippen LogP contribution in [0.5, 0.6) is 5.75 Å². The van der Waals surface area contributed by atoms with Gasteiger partial charge in [0.25, 0.3) is 5.91 Å². The molecule has 0 aliphatic rings. The van der Waals surface area contributed by atoms with Gasteiger partial charge in [0.15, 0.2) is 12.4 Å². The molecule has 2 heterocycles. The number of benzene rings is 2. The molecule has 8 heteroatoms. The van der Waals surface area contributed by atoms with Gasteiger partial charge in [-0.25, -0.2) is 9.07 Å². The molecular weight excluding hydrogens is 433 g/mol. The highest BCUT2D eigenvalue weighted by molar-refractivity contribution is 6.03. The third-order valence-corrected chi connectivity index (χ3v) is 5.68. The number of hydrogen-bond acceptors (Lipinski definition) is 4. The zero-order valence-electron chi connectivity index (χ0n) is 19.7. The van der Waals surface area contributed by atoms with Crippen LogP contribution in [-0.2, 0) is 13.3 Å². The number of nitrogens with one attached hydrogen (secondary N) is 1. The summed E-state index contributed by atoms with van der Waals surface area (Å²) in [5, 5.41) is 11.7. The molecule has 0 aliphatic heterocycles. The van der Waals surface area contributed by atoms with E-state index >= 15 is 0 Å². The van der Waals surface area contributed by atoms with Gasteiger partial charge < -0.3 is 10.1 Å². The highest BCUT2D eigenvalue weighted by Gasteiger charge is 2.18. The first kappa shape index (κ1) is 23.2. The molecule has 0 saturated carbocycles. The Morgan fingerprint density at radius 3 is 2.50 bits per heavy atom. The van der Waals surface area contributed by atoms with Gasteiger partial charge in [-0.15, -0.1) is 0 Å². The van der Waals surface area contributed by atoms with Crippen LogP contribution in [0.15, 0.2) is 60.8 Å². The molecular formula is C26H28FN5O2. The largest absolute Gasteiger partial charge is 0.471 e. The van der Waals surface area contributed by atoms with E-state index in [2.05, 4.69) is 29.4 Å². The number of carbonyl (C=O) groups excluding carboxylic acids is 1. The minimum absolute atomic E-state index is 0.187. The molecule has 1 amide bonds. The number of aryl methyl sites for hydroxylation is 1. The van der Waals surface area contributed by atoms with Gasteiger partial charge in [0.05, 0.1) is 23.6 Å². The molecule has 4 rings (SSSR count). The number of rotatable bonds is 8. The van der Waals surface area contributed by atoms with Gasteiger partial charge in [-0.1, -0.05) is 44.2 Å². The normalized spacial score (nSPS) is 11.1. The first-order chi connectivity index (χ1) is 16.3. The van der Waals surface area contributed by atoms with Gasteiger partial charge in [-0.3, -0.25) is 9.48 Å². The number of hydrogen-bond donors (Lipinski definition) is 1. The summed E-state index contributed by atoms with van der Waals surface area (Å²) in [6.45, 7) is 8.39. The van der Waals surface area contributed by atoms with Crippen LogP contribution in [0.4, 0.5) is 10.1 Å². The molecule has 0 unspecified atom stereocenters. The van der Waals surface area contributed by atoms with Crippen LogP contribution in [0, 0.1) is 19.7 Å². The summed E-state index contributed by atoms with van der Waals surface area (Å²) >= 11 is 0. The summed E-state index contributed by atoms with van der Waals surface area (Å²) in [5.41, 5.74) is 4.02. The van der Waals surface area contributed by atoms with Gasteiger partial charge in [-0.2, -0.15) is 10.2 Å². The van der Waals surface area contributed by atoms with Crippen LogP contribution < -0.4 is 10.1 Å². The van der Waals surface area contributed by atoms with Gasteiger partial charge in [0.1, 0.15) is 11.6 Å². The van der Waals surface area contributed by atoms with Crippen LogP contribution in [0.25, 0.3) is 0 Å². The molecule has 0 saturated heterocycles. The van der Waals surface area contributed by atoms with E-state index in [0.717, 1.165) is 11.4 Å². The maximum Gasteiger partial charge on any atom is 0.276 e. The highest BCUT2D eigenvalue weighted by atomic mass is 19.1. The average molecular weight is 462 g/mol. The number of nitrogens with zero attached hydrogens (tertiary/aromatic N) is 4. The second kappa shape index (κ2) is 9.91. The van der Waals surface area contributed by atoms with Crippen LogP contribution in [-0.4, -0.2) is 25.5 Å². The molecule has 34 heavy (non-hydrogen) atoms. The van der Waals surface area contributed by atoms with E-state index in [1.54, 1.807) is 46.7 Å². The molecule has 7 nitrogen and oxygen atoms in total. The first-order valence-electron chi connectivity index (χ1n) is 11.2. The molecule has 2 aromatic heterocycles. The minimum atomic E-state index is -0.350. The summed E-state index contributed by atoms with van der Waals surface area (Å²) in [6.07, 6.45) is 1.69. The first-order valence-corrected chi connectivity index (χ1v) is 11.2. The third kappa shape index (κ3) is 5.17. The van der Waals surface area contributed by atoms with Crippen molar-refractivity contribution in [2.45, 2.75) is 46.9 Å². The lowest BCUT2D eigenvalue weighted by Crippen LogP contribution is -2.15. The molecule has 1 N–H and O–H groups in total. The maximum atomic E-state index is 14.0. The van der Waals surface area contributed by atoms with Crippen molar-refractivity contribution in [1.82, 2.24) is 19.6 Å². The van der Waals surface area contributed by atoms with Crippen LogP contribution >= 0.6 is 0 Å². The Hall–Kier alpha value is -3.94. The molecule has 0 fully saturated rings. The number of halogens is 1. The van der Waals surface area contributed by atoms with Crippen molar-refractivity contribution in [1.29, 1.82) is 0 Å². The van der Waals surface area contributed by atoms with Gasteiger partial charge in [-0.05, 0) is 49.6 Å². The van der Waals surface area contributed by atoms with E-state index in [1.807, 2.05) is 31.2 Å². The second-order valence-corrected chi connectivity index (χ2v) is 8.49. The summed E-state index contributed by atoms with van der Waals surface area (Å²) in [4.78, 5) is 12.8. The van der Waals surface area contributed by atoms with E-state index in [-0.39, 0.29) is 30.7 Å². The Morgan fingerprint density at radius 2 is 1.79 bits per heavy atom. The number of carbonyl (C=O) groups is 1. The highest BCUT2D eigenvalue weighted by Crippen LogP contribution is 2.22. The second-order valence-electron chi connectivity index (χ2n) is 8.49. The predicted molar refractivity (Wildman–Crippen MR) is 129 cm³/mol. The minimum Gasteiger partial charge on any atom is -0.471 e. The molecule has 0 spiro atoms. The van der Waals surface area contributed by atoms with Crippen molar-refractivity contribution in [3.05, 3.63) is 94.8 Å². The lowest BCUT2D eigenvalue weighted by atomic mass is 10.0. The van der Waals surface area contributed by atoms with Crippen molar-refractivity contribution >= 4 is 11.6 Å². The summed E-state index contributed by atoms with van der Waals surface area (Å²) < 4.78 is 23.1.